The average molecular weight is 447 g/mol. The summed E-state index contributed by atoms with van der Waals surface area (Å²) in [6.45, 7) is 1.56. The number of piperidine rings is 1. The molecule has 1 aromatic carbocycles. The van der Waals surface area contributed by atoms with Crippen LogP contribution in [0.3, 0.4) is 0 Å². The van der Waals surface area contributed by atoms with Gasteiger partial charge in [-0.1, -0.05) is 36.8 Å². The molecular formula is C23H30N2O5S. The lowest BCUT2D eigenvalue weighted by atomic mass is 9.84. The zero-order chi connectivity index (χ0) is 21.9. The van der Waals surface area contributed by atoms with Gasteiger partial charge in [0.05, 0.1) is 6.54 Å². The Balaban J connectivity index is 1.29. The van der Waals surface area contributed by atoms with Gasteiger partial charge in [-0.05, 0) is 50.2 Å². The second-order valence-electron chi connectivity index (χ2n) is 8.87. The number of sulfone groups is 1. The normalized spacial score (nSPS) is 22.3. The van der Waals surface area contributed by atoms with Crippen molar-refractivity contribution >= 4 is 27.9 Å². The van der Waals surface area contributed by atoms with Crippen LogP contribution in [0.4, 0.5) is 4.79 Å². The number of benzene rings is 1. The molecule has 2 heterocycles. The van der Waals surface area contributed by atoms with Crippen LogP contribution in [0.1, 0.15) is 50.5 Å². The topological polar surface area (TPSA) is 84.0 Å². The lowest BCUT2D eigenvalue weighted by Crippen LogP contribution is -2.49. The molecule has 8 heteroatoms. The number of carbonyl (C=O) groups excluding carboxylic acids is 2. The third-order valence-corrected chi connectivity index (χ3v) is 7.81. The average Bonchev–Trinajstić information content (AvgIpc) is 3.08. The highest BCUT2D eigenvalue weighted by Gasteiger charge is 2.48. The van der Waals surface area contributed by atoms with Crippen molar-refractivity contribution in [3.8, 4) is 0 Å². The van der Waals surface area contributed by atoms with E-state index in [1.54, 1.807) is 17.0 Å². The maximum absolute atomic E-state index is 12.6. The number of nitrogens with zero attached hydrogens (tertiary/aromatic N) is 2. The molecule has 2 aliphatic heterocycles. The Kier molecular flexibility index (Phi) is 6.36. The molecule has 168 valence electrons. The lowest BCUT2D eigenvalue weighted by molar-refractivity contribution is -0.129. The molecule has 3 aliphatic rings. The summed E-state index contributed by atoms with van der Waals surface area (Å²) in [5.41, 5.74) is 0.453. The Morgan fingerprint density at radius 2 is 1.77 bits per heavy atom. The molecule has 0 unspecified atom stereocenters. The van der Waals surface area contributed by atoms with Crippen molar-refractivity contribution in [3.05, 3.63) is 41.3 Å². The van der Waals surface area contributed by atoms with E-state index >= 15 is 0 Å². The zero-order valence-electron chi connectivity index (χ0n) is 17.7. The minimum Gasteiger partial charge on any atom is -0.441 e. The fourth-order valence-electron chi connectivity index (χ4n) is 4.87. The molecule has 0 N–H and O–H groups in total. The Hall–Kier alpha value is -2.35. The number of ether oxygens (including phenoxy) is 1. The maximum Gasteiger partial charge on any atom is 0.410 e. The fourth-order valence-corrected chi connectivity index (χ4v) is 5.86. The SMILES string of the molecule is O=C(CS(=O)(=O)C=Cc1ccccc1)N1CCC(N2CC3(CCCCC3)OC2=O)CC1. The summed E-state index contributed by atoms with van der Waals surface area (Å²) in [6, 6.07) is 9.17. The largest absolute Gasteiger partial charge is 0.441 e. The summed E-state index contributed by atoms with van der Waals surface area (Å²) in [5.74, 6) is -0.917. The van der Waals surface area contributed by atoms with Crippen LogP contribution in [-0.4, -0.2) is 67.2 Å². The van der Waals surface area contributed by atoms with Gasteiger partial charge in [-0.2, -0.15) is 0 Å². The summed E-state index contributed by atoms with van der Waals surface area (Å²) in [6.07, 6.45) is 7.83. The molecule has 1 aliphatic carbocycles. The molecule has 0 radical (unpaired) electrons. The predicted octanol–water partition coefficient (Wildman–Crippen LogP) is 3.22. The highest BCUT2D eigenvalue weighted by molar-refractivity contribution is 7.95. The second kappa shape index (κ2) is 9.02. The number of carbonyl (C=O) groups is 2. The molecule has 7 nitrogen and oxygen atoms in total. The van der Waals surface area contributed by atoms with Crippen LogP contribution in [0, 0.1) is 0 Å². The third kappa shape index (κ3) is 5.29. The van der Waals surface area contributed by atoms with Crippen LogP contribution in [0.15, 0.2) is 35.7 Å². The third-order valence-electron chi connectivity index (χ3n) is 6.61. The first-order valence-electron chi connectivity index (χ1n) is 11.1. The van der Waals surface area contributed by atoms with Gasteiger partial charge in [0.1, 0.15) is 11.4 Å². The monoisotopic (exact) mass is 446 g/mol. The molecule has 31 heavy (non-hydrogen) atoms. The smallest absolute Gasteiger partial charge is 0.410 e. The van der Waals surface area contributed by atoms with E-state index in [9.17, 15) is 18.0 Å². The van der Waals surface area contributed by atoms with Crippen LogP contribution in [0.2, 0.25) is 0 Å². The highest BCUT2D eigenvalue weighted by atomic mass is 32.2. The molecule has 1 spiro atoms. The number of rotatable bonds is 5. The molecule has 1 aromatic rings. The maximum atomic E-state index is 12.6. The van der Waals surface area contributed by atoms with Gasteiger partial charge in [0, 0.05) is 24.5 Å². The second-order valence-corrected chi connectivity index (χ2v) is 10.8. The van der Waals surface area contributed by atoms with Crippen LogP contribution in [0.25, 0.3) is 6.08 Å². The Morgan fingerprint density at radius 1 is 1.10 bits per heavy atom. The van der Waals surface area contributed by atoms with Crippen molar-refractivity contribution < 1.29 is 22.7 Å². The van der Waals surface area contributed by atoms with E-state index < -0.39 is 15.6 Å². The molecule has 0 atom stereocenters. The van der Waals surface area contributed by atoms with Gasteiger partial charge in [-0.25, -0.2) is 13.2 Å². The van der Waals surface area contributed by atoms with Crippen LogP contribution >= 0.6 is 0 Å². The zero-order valence-corrected chi connectivity index (χ0v) is 18.6. The molecule has 0 aromatic heterocycles. The van der Waals surface area contributed by atoms with Gasteiger partial charge < -0.3 is 14.5 Å². The first kappa shape index (κ1) is 21.9. The van der Waals surface area contributed by atoms with Crippen molar-refractivity contribution in [1.82, 2.24) is 9.80 Å². The lowest BCUT2D eigenvalue weighted by Gasteiger charge is -2.36. The van der Waals surface area contributed by atoms with Crippen molar-refractivity contribution in [2.24, 2.45) is 0 Å². The molecule has 2 amide bonds. The van der Waals surface area contributed by atoms with Crippen LogP contribution in [0.5, 0.6) is 0 Å². The minimum atomic E-state index is -3.64. The first-order chi connectivity index (χ1) is 14.9. The standard InChI is InChI=1S/C23H30N2O5S/c26-21(17-31(28,29)16-11-19-7-3-1-4-8-19)24-14-9-20(10-15-24)25-18-23(30-22(25)27)12-5-2-6-13-23/h1,3-4,7-8,11,16,20H,2,5-6,9-10,12-15,17-18H2. The number of likely N-dealkylation sites (tertiary alicyclic amines) is 1. The van der Waals surface area contributed by atoms with E-state index in [1.165, 1.54) is 12.5 Å². The summed E-state index contributed by atoms with van der Waals surface area (Å²) in [5, 5.41) is 1.11. The van der Waals surface area contributed by atoms with Crippen LogP contribution in [-0.2, 0) is 19.4 Å². The Labute approximate surface area is 184 Å². The number of hydrogen-bond acceptors (Lipinski definition) is 5. The van der Waals surface area contributed by atoms with Gasteiger partial charge in [0.2, 0.25) is 5.91 Å². The molecule has 0 bridgehead atoms. The summed E-state index contributed by atoms with van der Waals surface area (Å²) in [7, 11) is -3.64. The van der Waals surface area contributed by atoms with E-state index in [1.807, 2.05) is 23.1 Å². The van der Waals surface area contributed by atoms with Gasteiger partial charge in [0.25, 0.3) is 0 Å². The van der Waals surface area contributed by atoms with Crippen LogP contribution < -0.4 is 0 Å². The van der Waals surface area contributed by atoms with E-state index in [2.05, 4.69) is 0 Å². The molecular weight excluding hydrogens is 416 g/mol. The van der Waals surface area contributed by atoms with Gasteiger partial charge >= 0.3 is 6.09 Å². The summed E-state index contributed by atoms with van der Waals surface area (Å²) < 4.78 is 30.5. The Morgan fingerprint density at radius 3 is 2.45 bits per heavy atom. The minimum absolute atomic E-state index is 0.0486. The van der Waals surface area contributed by atoms with Gasteiger partial charge in [-0.15, -0.1) is 0 Å². The quantitative estimate of drug-likeness (QED) is 0.693. The predicted molar refractivity (Wildman–Crippen MR) is 118 cm³/mol. The van der Waals surface area contributed by atoms with Gasteiger partial charge in [0.15, 0.2) is 9.84 Å². The van der Waals surface area contributed by atoms with Gasteiger partial charge in [-0.3, -0.25) is 4.79 Å². The van der Waals surface area contributed by atoms with E-state index in [-0.39, 0.29) is 23.6 Å². The molecule has 4 rings (SSSR count). The summed E-state index contributed by atoms with van der Waals surface area (Å²) >= 11 is 0. The summed E-state index contributed by atoms with van der Waals surface area (Å²) in [4.78, 5) is 28.5. The Bertz CT molecular complexity index is 930. The molecule has 3 fully saturated rings. The number of hydrogen-bond donors (Lipinski definition) is 0. The van der Waals surface area contributed by atoms with E-state index in [0.29, 0.717) is 32.5 Å². The van der Waals surface area contributed by atoms with Crippen molar-refractivity contribution in [1.29, 1.82) is 0 Å². The molecule has 1 saturated carbocycles. The van der Waals surface area contributed by atoms with E-state index in [4.69, 9.17) is 4.74 Å². The van der Waals surface area contributed by atoms with Crippen molar-refractivity contribution in [2.75, 3.05) is 25.4 Å². The number of amides is 2. The molecule has 2 saturated heterocycles. The van der Waals surface area contributed by atoms with E-state index in [0.717, 1.165) is 36.7 Å². The first-order valence-corrected chi connectivity index (χ1v) is 12.8. The highest BCUT2D eigenvalue weighted by Crippen LogP contribution is 2.38. The van der Waals surface area contributed by atoms with Crippen molar-refractivity contribution in [3.63, 3.8) is 0 Å². The fraction of sp³-hybridized carbons (Fsp3) is 0.565. The van der Waals surface area contributed by atoms with Crippen molar-refractivity contribution in [2.45, 2.75) is 56.6 Å².